The van der Waals surface area contributed by atoms with Gasteiger partial charge in [-0.1, -0.05) is 13.8 Å². The number of nitrogens with zero attached hydrogens (tertiary/aromatic N) is 1. The summed E-state index contributed by atoms with van der Waals surface area (Å²) in [5, 5.41) is 30.4. The average Bonchev–Trinajstić information content (AvgIpc) is 2.99. The van der Waals surface area contributed by atoms with E-state index >= 15 is 0 Å². The van der Waals surface area contributed by atoms with Gasteiger partial charge >= 0.3 is 0 Å². The lowest BCUT2D eigenvalue weighted by Gasteiger charge is -2.32. The van der Waals surface area contributed by atoms with E-state index in [9.17, 15) is 15.3 Å². The van der Waals surface area contributed by atoms with Crippen molar-refractivity contribution >= 4 is 0 Å². The van der Waals surface area contributed by atoms with E-state index in [-0.39, 0.29) is 29.6 Å². The van der Waals surface area contributed by atoms with Crippen LogP contribution in [-0.2, 0) is 4.74 Å². The number of rotatable bonds is 3. The molecule has 0 saturated carbocycles. The Morgan fingerprint density at radius 2 is 1.90 bits per heavy atom. The number of likely N-dealkylation sites (tertiary alicyclic amines) is 1. The van der Waals surface area contributed by atoms with Crippen molar-refractivity contribution in [2.75, 3.05) is 13.2 Å². The first kappa shape index (κ1) is 13.7. The fraction of sp³-hybridized carbons (Fsp3) is 0.600. The van der Waals surface area contributed by atoms with Crippen molar-refractivity contribution in [2.24, 2.45) is 0 Å². The van der Waals surface area contributed by atoms with E-state index in [4.69, 9.17) is 4.74 Å². The molecule has 2 fully saturated rings. The maximum Gasteiger partial charge on any atom is 0.137 e. The highest BCUT2D eigenvalue weighted by molar-refractivity contribution is 5.47. The van der Waals surface area contributed by atoms with E-state index in [1.54, 1.807) is 6.07 Å². The number of aliphatic hydroxyl groups is 1. The molecule has 1 aromatic carbocycles. The number of aliphatic hydroxyl groups excluding tert-OH is 1. The number of aromatic hydroxyl groups is 2. The Hall–Kier alpha value is -1.30. The predicted molar refractivity (Wildman–Crippen MR) is 73.7 cm³/mol. The maximum atomic E-state index is 10.5. The van der Waals surface area contributed by atoms with Gasteiger partial charge in [0, 0.05) is 24.2 Å². The Kier molecular flexibility index (Phi) is 3.36. The van der Waals surface area contributed by atoms with Crippen LogP contribution in [-0.4, -0.2) is 45.5 Å². The molecule has 2 saturated heterocycles. The Balaban J connectivity index is 1.91. The van der Waals surface area contributed by atoms with Crippen molar-refractivity contribution in [2.45, 2.75) is 44.6 Å². The van der Waals surface area contributed by atoms with Gasteiger partial charge in [0.1, 0.15) is 17.7 Å². The summed E-state index contributed by atoms with van der Waals surface area (Å²) >= 11 is 0. The number of phenolic OH excluding ortho intramolecular Hbond substituents is 2. The van der Waals surface area contributed by atoms with E-state index in [1.165, 1.54) is 6.07 Å². The lowest BCUT2D eigenvalue weighted by molar-refractivity contribution is -0.0639. The molecule has 3 atom stereocenters. The minimum atomic E-state index is -0.855. The molecule has 1 aromatic rings. The average molecular weight is 279 g/mol. The summed E-state index contributed by atoms with van der Waals surface area (Å²) < 4.78 is 5.52. The summed E-state index contributed by atoms with van der Waals surface area (Å²) in [6.45, 7) is 5.25. The summed E-state index contributed by atoms with van der Waals surface area (Å²) in [4.78, 5) is 1.96. The molecule has 2 aliphatic heterocycles. The molecule has 3 unspecified atom stereocenters. The highest BCUT2D eigenvalue weighted by atomic mass is 16.5. The minimum absolute atomic E-state index is 0.0666. The van der Waals surface area contributed by atoms with Crippen LogP contribution >= 0.6 is 0 Å². The van der Waals surface area contributed by atoms with Crippen LogP contribution in [0.25, 0.3) is 0 Å². The molecule has 0 spiro atoms. The predicted octanol–water partition coefficient (Wildman–Crippen LogP) is 1.69. The first-order valence-electron chi connectivity index (χ1n) is 7.08. The summed E-state index contributed by atoms with van der Waals surface area (Å²) in [7, 11) is 0. The molecular formula is C15H21NO4. The van der Waals surface area contributed by atoms with Gasteiger partial charge in [0.2, 0.25) is 0 Å². The summed E-state index contributed by atoms with van der Waals surface area (Å²) in [6, 6.07) is 3.23. The first-order chi connectivity index (χ1) is 9.47. The molecule has 5 heteroatoms. The zero-order valence-electron chi connectivity index (χ0n) is 11.8. The molecule has 20 heavy (non-hydrogen) atoms. The lowest BCUT2D eigenvalue weighted by atomic mass is 9.98. The normalized spacial score (nSPS) is 27.4. The summed E-state index contributed by atoms with van der Waals surface area (Å²) in [5.74, 6) is 0.128. The molecule has 0 radical (unpaired) electrons. The fourth-order valence-electron chi connectivity index (χ4n) is 3.19. The molecule has 110 valence electrons. The first-order valence-corrected chi connectivity index (χ1v) is 7.08. The van der Waals surface area contributed by atoms with Crippen molar-refractivity contribution in [3.8, 4) is 11.5 Å². The molecule has 2 heterocycles. The molecule has 0 aromatic heterocycles. The smallest absolute Gasteiger partial charge is 0.137 e. The van der Waals surface area contributed by atoms with Crippen LogP contribution in [0.1, 0.15) is 43.5 Å². The number of benzene rings is 1. The van der Waals surface area contributed by atoms with Crippen LogP contribution in [0.4, 0.5) is 0 Å². The fourth-order valence-corrected chi connectivity index (χ4v) is 3.19. The second kappa shape index (κ2) is 4.91. The van der Waals surface area contributed by atoms with Gasteiger partial charge in [-0.05, 0) is 24.0 Å². The minimum Gasteiger partial charge on any atom is -0.508 e. The van der Waals surface area contributed by atoms with E-state index in [0.717, 1.165) is 12.0 Å². The quantitative estimate of drug-likeness (QED) is 0.785. The Bertz CT molecular complexity index is 517. The molecule has 2 aliphatic rings. The Labute approximate surface area is 118 Å². The third-order valence-electron chi connectivity index (χ3n) is 4.33. The van der Waals surface area contributed by atoms with Gasteiger partial charge in [0.15, 0.2) is 0 Å². The summed E-state index contributed by atoms with van der Waals surface area (Å²) in [6.07, 6.45) is 0.276. The molecule has 3 N–H and O–H groups in total. The molecule has 0 aliphatic carbocycles. The van der Waals surface area contributed by atoms with Crippen molar-refractivity contribution in [1.82, 2.24) is 4.90 Å². The van der Waals surface area contributed by atoms with Crippen LogP contribution in [0.5, 0.6) is 11.5 Å². The van der Waals surface area contributed by atoms with Gasteiger partial charge < -0.3 is 20.1 Å². The largest absolute Gasteiger partial charge is 0.508 e. The molecule has 0 amide bonds. The van der Waals surface area contributed by atoms with Crippen molar-refractivity contribution in [1.29, 1.82) is 0 Å². The molecule has 2 bridgehead atoms. The van der Waals surface area contributed by atoms with Crippen LogP contribution in [0, 0.1) is 0 Å². The third kappa shape index (κ3) is 2.16. The number of ether oxygens (including phenoxy) is 1. The van der Waals surface area contributed by atoms with Crippen LogP contribution < -0.4 is 0 Å². The summed E-state index contributed by atoms with van der Waals surface area (Å²) in [5.41, 5.74) is 1.19. The SMILES string of the molecule is CC(C)c1cc(C(O)N2CC3CC2CO3)c(O)cc1O. The number of morpholine rings is 1. The Morgan fingerprint density at radius 3 is 2.45 bits per heavy atom. The standard InChI is InChI=1S/C15H21NO4/c1-8(2)11-4-12(14(18)5-13(11)17)15(19)16-6-10-3-9(16)7-20-10/h4-5,8-10,15,17-19H,3,6-7H2,1-2H3. The second-order valence-corrected chi connectivity index (χ2v) is 6.04. The van der Waals surface area contributed by atoms with Crippen LogP contribution in [0.15, 0.2) is 12.1 Å². The molecular weight excluding hydrogens is 258 g/mol. The van der Waals surface area contributed by atoms with Crippen molar-refractivity contribution < 1.29 is 20.1 Å². The van der Waals surface area contributed by atoms with Gasteiger partial charge in [-0.25, -0.2) is 0 Å². The van der Waals surface area contributed by atoms with Gasteiger partial charge in [-0.15, -0.1) is 0 Å². The van der Waals surface area contributed by atoms with Gasteiger partial charge in [0.05, 0.1) is 12.7 Å². The van der Waals surface area contributed by atoms with E-state index in [1.807, 2.05) is 18.7 Å². The maximum absolute atomic E-state index is 10.5. The third-order valence-corrected chi connectivity index (χ3v) is 4.33. The van der Waals surface area contributed by atoms with Gasteiger partial charge in [0.25, 0.3) is 0 Å². The number of hydrogen-bond acceptors (Lipinski definition) is 5. The van der Waals surface area contributed by atoms with Crippen molar-refractivity contribution in [3.05, 3.63) is 23.3 Å². The Morgan fingerprint density at radius 1 is 1.20 bits per heavy atom. The highest BCUT2D eigenvalue weighted by Crippen LogP contribution is 2.40. The topological polar surface area (TPSA) is 73.2 Å². The van der Waals surface area contributed by atoms with Crippen molar-refractivity contribution in [3.63, 3.8) is 0 Å². The van der Waals surface area contributed by atoms with Crippen LogP contribution in [0.2, 0.25) is 0 Å². The van der Waals surface area contributed by atoms with Gasteiger partial charge in [-0.3, -0.25) is 4.90 Å². The number of phenols is 2. The van der Waals surface area contributed by atoms with Crippen LogP contribution in [0.3, 0.4) is 0 Å². The van der Waals surface area contributed by atoms with E-state index in [2.05, 4.69) is 0 Å². The monoisotopic (exact) mass is 279 g/mol. The highest BCUT2D eigenvalue weighted by Gasteiger charge is 2.42. The van der Waals surface area contributed by atoms with E-state index in [0.29, 0.717) is 18.7 Å². The number of fused-ring (bicyclic) bond motifs is 2. The van der Waals surface area contributed by atoms with E-state index < -0.39 is 6.23 Å². The zero-order valence-corrected chi connectivity index (χ0v) is 11.8. The second-order valence-electron chi connectivity index (χ2n) is 6.04. The van der Waals surface area contributed by atoms with Gasteiger partial charge in [-0.2, -0.15) is 0 Å². The zero-order chi connectivity index (χ0) is 14.4. The molecule has 5 nitrogen and oxygen atoms in total. The number of hydrogen-bond donors (Lipinski definition) is 3. The lowest BCUT2D eigenvalue weighted by Crippen LogP contribution is -2.39. The molecule has 3 rings (SSSR count).